The van der Waals surface area contributed by atoms with E-state index in [1.165, 1.54) is 0 Å². The summed E-state index contributed by atoms with van der Waals surface area (Å²) in [5.41, 5.74) is 0.738. The summed E-state index contributed by atoms with van der Waals surface area (Å²) >= 11 is 0. The van der Waals surface area contributed by atoms with Gasteiger partial charge in [-0.15, -0.1) is 0 Å². The van der Waals surface area contributed by atoms with Crippen LogP contribution in [0.4, 0.5) is 0 Å². The molecule has 2 aliphatic rings. The van der Waals surface area contributed by atoms with Crippen molar-refractivity contribution >= 4 is 11.8 Å². The largest absolute Gasteiger partial charge is 0.508 e. The maximum absolute atomic E-state index is 11.9. The molecule has 2 N–H and O–H groups in total. The molecule has 18 heavy (non-hydrogen) atoms. The van der Waals surface area contributed by atoms with Crippen LogP contribution in [0, 0.1) is 11.8 Å². The molecule has 0 radical (unpaired) electrons. The zero-order valence-electron chi connectivity index (χ0n) is 9.67. The highest BCUT2D eigenvalue weighted by Crippen LogP contribution is 2.43. The van der Waals surface area contributed by atoms with Crippen LogP contribution in [-0.2, 0) is 9.59 Å². The minimum Gasteiger partial charge on any atom is -0.508 e. The predicted molar refractivity (Wildman–Crippen MR) is 64.7 cm³/mol. The Morgan fingerprint density at radius 1 is 1.17 bits per heavy atom. The van der Waals surface area contributed by atoms with Gasteiger partial charge in [0.25, 0.3) is 0 Å². The molecule has 4 nitrogen and oxygen atoms in total. The predicted octanol–water partition coefficient (Wildman–Crippen LogP) is 1.32. The number of fused-ring (bicyclic) bond motifs is 1. The van der Waals surface area contributed by atoms with Crippen molar-refractivity contribution in [2.75, 3.05) is 0 Å². The van der Waals surface area contributed by atoms with E-state index in [2.05, 4.69) is 5.32 Å². The Morgan fingerprint density at radius 2 is 1.94 bits per heavy atom. The average molecular weight is 243 g/mol. The smallest absolute Gasteiger partial charge is 0.234 e. The SMILES string of the molecule is O=C1NC(=O)C2C1C=CCC2c1ccccc1O. The Balaban J connectivity index is 2.04. The molecule has 0 saturated carbocycles. The number of benzene rings is 1. The first-order chi connectivity index (χ1) is 8.68. The number of carbonyl (C=O) groups excluding carboxylic acids is 2. The van der Waals surface area contributed by atoms with E-state index in [0.29, 0.717) is 6.42 Å². The number of carbonyl (C=O) groups is 2. The number of nitrogens with one attached hydrogen (secondary N) is 1. The third-order valence-corrected chi connectivity index (χ3v) is 3.74. The monoisotopic (exact) mass is 243 g/mol. The van der Waals surface area contributed by atoms with Crippen LogP contribution in [0.3, 0.4) is 0 Å². The van der Waals surface area contributed by atoms with Crippen LogP contribution in [0.2, 0.25) is 0 Å². The highest BCUT2D eigenvalue weighted by Gasteiger charge is 2.46. The van der Waals surface area contributed by atoms with Gasteiger partial charge in [-0.2, -0.15) is 0 Å². The number of hydrogen-bond acceptors (Lipinski definition) is 3. The standard InChI is InChI=1S/C14H13NO3/c16-11-7-2-1-4-8(11)9-5-3-6-10-12(9)14(18)15-13(10)17/h1-4,6-7,9-10,12,16H,5H2,(H,15,17,18). The summed E-state index contributed by atoms with van der Waals surface area (Å²) in [5, 5.41) is 12.3. The summed E-state index contributed by atoms with van der Waals surface area (Å²) in [6, 6.07) is 7.00. The molecule has 0 bridgehead atoms. The molecule has 0 aromatic heterocycles. The lowest BCUT2D eigenvalue weighted by Crippen LogP contribution is -2.27. The average Bonchev–Trinajstić information content (AvgIpc) is 2.66. The van der Waals surface area contributed by atoms with Crippen molar-refractivity contribution in [3.05, 3.63) is 42.0 Å². The number of imide groups is 1. The number of aromatic hydroxyl groups is 1. The number of hydrogen-bond donors (Lipinski definition) is 2. The van der Waals surface area contributed by atoms with Crippen molar-refractivity contribution in [3.63, 3.8) is 0 Å². The minimum atomic E-state index is -0.393. The van der Waals surface area contributed by atoms with E-state index >= 15 is 0 Å². The quantitative estimate of drug-likeness (QED) is 0.577. The number of rotatable bonds is 1. The molecule has 1 heterocycles. The lowest BCUT2D eigenvalue weighted by atomic mass is 9.74. The molecule has 1 aliphatic carbocycles. The van der Waals surface area contributed by atoms with Gasteiger partial charge < -0.3 is 5.11 Å². The molecule has 3 unspecified atom stereocenters. The van der Waals surface area contributed by atoms with Gasteiger partial charge in [0.2, 0.25) is 11.8 Å². The summed E-state index contributed by atoms with van der Waals surface area (Å²) in [5.74, 6) is -1.20. The van der Waals surface area contributed by atoms with Gasteiger partial charge in [0.15, 0.2) is 0 Å². The van der Waals surface area contributed by atoms with Crippen molar-refractivity contribution in [1.82, 2.24) is 5.32 Å². The van der Waals surface area contributed by atoms with Gasteiger partial charge in [0.1, 0.15) is 5.75 Å². The zero-order chi connectivity index (χ0) is 12.7. The normalized spacial score (nSPS) is 30.1. The fraction of sp³-hybridized carbons (Fsp3) is 0.286. The molecule has 1 aromatic carbocycles. The number of allylic oxidation sites excluding steroid dienone is 1. The van der Waals surface area contributed by atoms with E-state index in [1.807, 2.05) is 18.2 Å². The van der Waals surface area contributed by atoms with Crippen LogP contribution in [0.1, 0.15) is 17.9 Å². The van der Waals surface area contributed by atoms with Crippen molar-refractivity contribution in [2.45, 2.75) is 12.3 Å². The molecule has 1 aliphatic heterocycles. The molecular formula is C14H13NO3. The maximum Gasteiger partial charge on any atom is 0.234 e. The van der Waals surface area contributed by atoms with Crippen molar-refractivity contribution < 1.29 is 14.7 Å². The van der Waals surface area contributed by atoms with E-state index in [-0.39, 0.29) is 23.5 Å². The number of phenolic OH excluding ortho intramolecular Hbond substituents is 1. The number of phenols is 1. The van der Waals surface area contributed by atoms with Crippen LogP contribution in [0.15, 0.2) is 36.4 Å². The lowest BCUT2D eigenvalue weighted by molar-refractivity contribution is -0.126. The van der Waals surface area contributed by atoms with E-state index in [1.54, 1.807) is 18.2 Å². The fourth-order valence-corrected chi connectivity index (χ4v) is 2.89. The van der Waals surface area contributed by atoms with Gasteiger partial charge in [-0.05, 0) is 18.1 Å². The van der Waals surface area contributed by atoms with Gasteiger partial charge in [0, 0.05) is 5.92 Å². The molecule has 3 rings (SSSR count). The molecule has 3 atom stereocenters. The van der Waals surface area contributed by atoms with Crippen molar-refractivity contribution in [1.29, 1.82) is 0 Å². The van der Waals surface area contributed by atoms with Crippen molar-refractivity contribution in [2.24, 2.45) is 11.8 Å². The van der Waals surface area contributed by atoms with E-state index in [0.717, 1.165) is 5.56 Å². The number of amides is 2. The summed E-state index contributed by atoms with van der Waals surface area (Å²) in [6.45, 7) is 0. The van der Waals surface area contributed by atoms with Crippen LogP contribution in [0.25, 0.3) is 0 Å². The summed E-state index contributed by atoms with van der Waals surface area (Å²) in [7, 11) is 0. The molecule has 92 valence electrons. The van der Waals surface area contributed by atoms with Crippen LogP contribution >= 0.6 is 0 Å². The van der Waals surface area contributed by atoms with Crippen LogP contribution in [-0.4, -0.2) is 16.9 Å². The van der Waals surface area contributed by atoms with E-state index < -0.39 is 11.8 Å². The van der Waals surface area contributed by atoms with Gasteiger partial charge in [-0.1, -0.05) is 30.4 Å². The third-order valence-electron chi connectivity index (χ3n) is 3.74. The molecular weight excluding hydrogens is 230 g/mol. The first-order valence-corrected chi connectivity index (χ1v) is 5.98. The third kappa shape index (κ3) is 1.53. The molecule has 1 saturated heterocycles. The summed E-state index contributed by atoms with van der Waals surface area (Å²) in [6.07, 6.45) is 4.37. The summed E-state index contributed by atoms with van der Waals surface area (Å²) in [4.78, 5) is 23.5. The van der Waals surface area contributed by atoms with Crippen LogP contribution in [0.5, 0.6) is 5.75 Å². The molecule has 0 spiro atoms. The fourth-order valence-electron chi connectivity index (χ4n) is 2.89. The van der Waals surface area contributed by atoms with Gasteiger partial charge in [-0.25, -0.2) is 0 Å². The summed E-state index contributed by atoms with van der Waals surface area (Å²) < 4.78 is 0. The Morgan fingerprint density at radius 3 is 2.72 bits per heavy atom. The highest BCUT2D eigenvalue weighted by atomic mass is 16.3. The van der Waals surface area contributed by atoms with E-state index in [4.69, 9.17) is 0 Å². The first-order valence-electron chi connectivity index (χ1n) is 5.98. The zero-order valence-corrected chi connectivity index (χ0v) is 9.67. The molecule has 2 amide bonds. The molecule has 4 heteroatoms. The first kappa shape index (κ1) is 11.0. The second-order valence-corrected chi connectivity index (χ2v) is 4.73. The lowest BCUT2D eigenvalue weighted by Gasteiger charge is -2.27. The second kappa shape index (κ2) is 3.98. The maximum atomic E-state index is 11.9. The second-order valence-electron chi connectivity index (χ2n) is 4.73. The minimum absolute atomic E-state index is 0.132. The Hall–Kier alpha value is -2.10. The number of para-hydroxylation sites is 1. The Labute approximate surface area is 104 Å². The van der Waals surface area contributed by atoms with Gasteiger partial charge in [-0.3, -0.25) is 14.9 Å². The van der Waals surface area contributed by atoms with Gasteiger partial charge in [0.05, 0.1) is 11.8 Å². The highest BCUT2D eigenvalue weighted by molar-refractivity contribution is 6.06. The Bertz CT molecular complexity index is 550. The van der Waals surface area contributed by atoms with Gasteiger partial charge >= 0.3 is 0 Å². The molecule has 1 fully saturated rings. The topological polar surface area (TPSA) is 66.4 Å². The molecule has 1 aromatic rings. The van der Waals surface area contributed by atoms with Crippen molar-refractivity contribution in [3.8, 4) is 5.75 Å². The van der Waals surface area contributed by atoms with E-state index in [9.17, 15) is 14.7 Å². The van der Waals surface area contributed by atoms with Crippen LogP contribution < -0.4 is 5.32 Å². The Kier molecular flexibility index (Phi) is 2.44.